The normalized spacial score (nSPS) is 12.6. The van der Waals surface area contributed by atoms with Gasteiger partial charge in [-0.3, -0.25) is 0 Å². The average molecular weight is 259 g/mol. The van der Waals surface area contributed by atoms with Gasteiger partial charge in [-0.25, -0.2) is 13.1 Å². The van der Waals surface area contributed by atoms with Crippen molar-refractivity contribution in [3.63, 3.8) is 0 Å². The van der Waals surface area contributed by atoms with Crippen molar-refractivity contribution in [2.45, 2.75) is 23.8 Å². The molecule has 1 rings (SSSR count). The second kappa shape index (κ2) is 5.59. The SMILES string of the molecule is CCC(CO)(CO)NS(=O)(=O)c1ccccc1. The maximum Gasteiger partial charge on any atom is 0.241 e. The third-order valence-corrected chi connectivity index (χ3v) is 4.28. The Bertz CT molecular complexity index is 432. The van der Waals surface area contributed by atoms with Gasteiger partial charge < -0.3 is 10.2 Å². The number of aliphatic hydroxyl groups excluding tert-OH is 2. The molecule has 0 atom stereocenters. The number of aliphatic hydroxyl groups is 2. The molecule has 0 saturated heterocycles. The number of nitrogens with one attached hydrogen (secondary N) is 1. The van der Waals surface area contributed by atoms with E-state index in [1.54, 1.807) is 25.1 Å². The minimum absolute atomic E-state index is 0.111. The van der Waals surface area contributed by atoms with Crippen molar-refractivity contribution in [3.05, 3.63) is 30.3 Å². The molecule has 0 aliphatic carbocycles. The van der Waals surface area contributed by atoms with E-state index < -0.39 is 28.8 Å². The first-order valence-electron chi connectivity index (χ1n) is 5.30. The van der Waals surface area contributed by atoms with Gasteiger partial charge in [0.1, 0.15) is 0 Å². The molecule has 0 saturated carbocycles. The molecule has 96 valence electrons. The van der Waals surface area contributed by atoms with Crippen LogP contribution < -0.4 is 4.72 Å². The van der Waals surface area contributed by atoms with Crippen LogP contribution in [0.1, 0.15) is 13.3 Å². The van der Waals surface area contributed by atoms with E-state index in [1.807, 2.05) is 0 Å². The van der Waals surface area contributed by atoms with Gasteiger partial charge in [0.05, 0.1) is 23.6 Å². The quantitative estimate of drug-likeness (QED) is 0.676. The van der Waals surface area contributed by atoms with Crippen molar-refractivity contribution in [1.29, 1.82) is 0 Å². The minimum Gasteiger partial charge on any atom is -0.394 e. The van der Waals surface area contributed by atoms with E-state index in [9.17, 15) is 18.6 Å². The highest BCUT2D eigenvalue weighted by Gasteiger charge is 2.32. The standard InChI is InChI=1S/C11H17NO4S/c1-2-11(8-13,9-14)12-17(15,16)10-6-4-3-5-7-10/h3-7,12-14H,2,8-9H2,1H3. The fraction of sp³-hybridized carbons (Fsp3) is 0.455. The Labute approximate surface area is 101 Å². The summed E-state index contributed by atoms with van der Waals surface area (Å²) in [6.07, 6.45) is 0.298. The summed E-state index contributed by atoms with van der Waals surface area (Å²) in [6.45, 7) is 0.790. The first-order chi connectivity index (χ1) is 7.99. The van der Waals surface area contributed by atoms with E-state index in [0.717, 1.165) is 0 Å². The van der Waals surface area contributed by atoms with Crippen molar-refractivity contribution in [2.75, 3.05) is 13.2 Å². The third-order valence-electron chi connectivity index (χ3n) is 2.69. The van der Waals surface area contributed by atoms with Gasteiger partial charge in [-0.2, -0.15) is 0 Å². The first kappa shape index (κ1) is 14.1. The van der Waals surface area contributed by atoms with E-state index in [1.165, 1.54) is 12.1 Å². The molecule has 0 amide bonds. The summed E-state index contributed by atoms with van der Waals surface area (Å²) in [4.78, 5) is 0.111. The van der Waals surface area contributed by atoms with Crippen LogP contribution in [0.25, 0.3) is 0 Å². The van der Waals surface area contributed by atoms with Crippen molar-refractivity contribution in [2.24, 2.45) is 0 Å². The largest absolute Gasteiger partial charge is 0.394 e. The van der Waals surface area contributed by atoms with Crippen LogP contribution >= 0.6 is 0 Å². The van der Waals surface area contributed by atoms with Crippen LogP contribution in [0, 0.1) is 0 Å². The minimum atomic E-state index is -3.72. The van der Waals surface area contributed by atoms with Gasteiger partial charge in [-0.15, -0.1) is 0 Å². The van der Waals surface area contributed by atoms with Gasteiger partial charge in [-0.1, -0.05) is 25.1 Å². The van der Waals surface area contributed by atoms with Crippen LogP contribution in [-0.2, 0) is 10.0 Å². The second-order valence-corrected chi connectivity index (χ2v) is 5.55. The molecule has 3 N–H and O–H groups in total. The van der Waals surface area contributed by atoms with Gasteiger partial charge in [0.25, 0.3) is 0 Å². The Morgan fingerprint density at radius 2 is 1.71 bits per heavy atom. The zero-order valence-corrected chi connectivity index (χ0v) is 10.4. The number of hydrogen-bond donors (Lipinski definition) is 3. The van der Waals surface area contributed by atoms with E-state index in [2.05, 4.69) is 4.72 Å². The van der Waals surface area contributed by atoms with Crippen LogP contribution in [0.4, 0.5) is 0 Å². The van der Waals surface area contributed by atoms with Crippen LogP contribution in [0.2, 0.25) is 0 Å². The van der Waals surface area contributed by atoms with E-state index in [0.29, 0.717) is 6.42 Å². The molecule has 0 fully saturated rings. The number of sulfonamides is 1. The molecule has 1 aromatic carbocycles. The monoisotopic (exact) mass is 259 g/mol. The molecule has 17 heavy (non-hydrogen) atoms. The zero-order chi connectivity index (χ0) is 12.9. The molecule has 0 radical (unpaired) electrons. The maximum atomic E-state index is 12.0. The van der Waals surface area contributed by atoms with Crippen LogP contribution in [0.5, 0.6) is 0 Å². The Morgan fingerprint density at radius 1 is 1.18 bits per heavy atom. The van der Waals surface area contributed by atoms with Crippen LogP contribution in [-0.4, -0.2) is 37.4 Å². The van der Waals surface area contributed by atoms with Crippen molar-refractivity contribution in [1.82, 2.24) is 4.72 Å². The Kier molecular flexibility index (Phi) is 4.64. The highest BCUT2D eigenvalue weighted by atomic mass is 32.2. The fourth-order valence-electron chi connectivity index (χ4n) is 1.35. The summed E-state index contributed by atoms with van der Waals surface area (Å²) in [7, 11) is -3.72. The smallest absolute Gasteiger partial charge is 0.241 e. The number of benzene rings is 1. The Balaban J connectivity index is 3.01. The average Bonchev–Trinajstić information content (AvgIpc) is 2.37. The lowest BCUT2D eigenvalue weighted by molar-refractivity contribution is 0.105. The van der Waals surface area contributed by atoms with Gasteiger partial charge in [0.15, 0.2) is 0 Å². The Hall–Kier alpha value is -0.950. The molecule has 0 aliphatic heterocycles. The van der Waals surface area contributed by atoms with Crippen molar-refractivity contribution < 1.29 is 18.6 Å². The molecule has 1 aromatic rings. The summed E-state index contributed by atoms with van der Waals surface area (Å²) in [5.41, 5.74) is -1.21. The van der Waals surface area contributed by atoms with Gasteiger partial charge in [0, 0.05) is 0 Å². The molecule has 0 spiro atoms. The van der Waals surface area contributed by atoms with E-state index in [4.69, 9.17) is 0 Å². The van der Waals surface area contributed by atoms with E-state index >= 15 is 0 Å². The molecule has 0 aliphatic rings. The summed E-state index contributed by atoms with van der Waals surface area (Å²) in [5.74, 6) is 0. The lowest BCUT2D eigenvalue weighted by atomic mass is 10.0. The molecule has 0 bridgehead atoms. The molecule has 0 aromatic heterocycles. The van der Waals surface area contributed by atoms with Crippen LogP contribution in [0.3, 0.4) is 0 Å². The van der Waals surface area contributed by atoms with Crippen molar-refractivity contribution in [3.8, 4) is 0 Å². The summed E-state index contributed by atoms with van der Waals surface area (Å²) >= 11 is 0. The summed E-state index contributed by atoms with van der Waals surface area (Å²) < 4.78 is 26.3. The second-order valence-electron chi connectivity index (χ2n) is 3.87. The lowest BCUT2D eigenvalue weighted by Gasteiger charge is -2.29. The Morgan fingerprint density at radius 3 is 2.12 bits per heavy atom. The van der Waals surface area contributed by atoms with Crippen LogP contribution in [0.15, 0.2) is 35.2 Å². The molecule has 5 nitrogen and oxygen atoms in total. The number of rotatable bonds is 6. The molecular weight excluding hydrogens is 242 g/mol. The summed E-state index contributed by atoms with van der Waals surface area (Å²) in [5, 5.41) is 18.4. The summed E-state index contributed by atoms with van der Waals surface area (Å²) in [6, 6.07) is 7.85. The highest BCUT2D eigenvalue weighted by Crippen LogP contribution is 2.15. The van der Waals surface area contributed by atoms with Gasteiger partial charge >= 0.3 is 0 Å². The predicted molar refractivity (Wildman–Crippen MR) is 64.0 cm³/mol. The third kappa shape index (κ3) is 3.26. The van der Waals surface area contributed by atoms with E-state index in [-0.39, 0.29) is 4.90 Å². The molecule has 0 heterocycles. The molecule has 0 unspecified atom stereocenters. The van der Waals surface area contributed by atoms with Gasteiger partial charge in [0.2, 0.25) is 10.0 Å². The lowest BCUT2D eigenvalue weighted by Crippen LogP contribution is -2.53. The first-order valence-corrected chi connectivity index (χ1v) is 6.79. The topological polar surface area (TPSA) is 86.6 Å². The highest BCUT2D eigenvalue weighted by molar-refractivity contribution is 7.89. The maximum absolute atomic E-state index is 12.0. The fourth-order valence-corrected chi connectivity index (χ4v) is 2.83. The molecule has 6 heteroatoms. The van der Waals surface area contributed by atoms with Gasteiger partial charge in [-0.05, 0) is 18.6 Å². The molecular formula is C11H17NO4S. The van der Waals surface area contributed by atoms with Crippen molar-refractivity contribution >= 4 is 10.0 Å². The zero-order valence-electron chi connectivity index (χ0n) is 9.63. The predicted octanol–water partition coefficient (Wildman–Crippen LogP) is 0.0983. The number of hydrogen-bond acceptors (Lipinski definition) is 4.